The Morgan fingerprint density at radius 1 is 1.24 bits per heavy atom. The van der Waals surface area contributed by atoms with Crippen molar-refractivity contribution in [2.75, 3.05) is 7.05 Å². The van der Waals surface area contributed by atoms with Gasteiger partial charge in [0, 0.05) is 10.4 Å². The van der Waals surface area contributed by atoms with Gasteiger partial charge in [0.25, 0.3) is 0 Å². The smallest absolute Gasteiger partial charge is 0.128 e. The molecule has 1 unspecified atom stereocenters. The fourth-order valence-corrected chi connectivity index (χ4v) is 2.64. The summed E-state index contributed by atoms with van der Waals surface area (Å²) in [4.78, 5) is 0.967. The zero-order valence-electron chi connectivity index (χ0n) is 9.63. The number of benzene rings is 1. The van der Waals surface area contributed by atoms with E-state index in [1.165, 1.54) is 23.5 Å². The van der Waals surface area contributed by atoms with Gasteiger partial charge in [-0.3, -0.25) is 0 Å². The summed E-state index contributed by atoms with van der Waals surface area (Å²) in [7, 11) is 1.74. The highest BCUT2D eigenvalue weighted by Gasteiger charge is 2.18. The molecule has 1 aromatic heterocycles. The molecule has 0 aliphatic carbocycles. The SMILES string of the molecule is CNC(c1cccs1)c1cc(F)c(C)cc1F. The molecular formula is C13H13F2NS. The Bertz CT molecular complexity index is 508. The summed E-state index contributed by atoms with van der Waals surface area (Å²) < 4.78 is 27.4. The number of aryl methyl sites for hydroxylation is 1. The lowest BCUT2D eigenvalue weighted by Crippen LogP contribution is -2.18. The first-order chi connectivity index (χ1) is 8.13. The number of hydrogen-bond acceptors (Lipinski definition) is 2. The first-order valence-electron chi connectivity index (χ1n) is 5.29. The van der Waals surface area contributed by atoms with Crippen LogP contribution in [0.1, 0.15) is 22.0 Å². The van der Waals surface area contributed by atoms with Crippen molar-refractivity contribution < 1.29 is 8.78 Å². The lowest BCUT2D eigenvalue weighted by molar-refractivity contribution is 0.556. The van der Waals surface area contributed by atoms with E-state index < -0.39 is 0 Å². The second-order valence-electron chi connectivity index (χ2n) is 3.86. The molecule has 1 heterocycles. The molecule has 2 rings (SSSR count). The van der Waals surface area contributed by atoms with E-state index in [9.17, 15) is 8.78 Å². The van der Waals surface area contributed by atoms with Gasteiger partial charge >= 0.3 is 0 Å². The normalized spacial score (nSPS) is 12.7. The molecule has 0 saturated heterocycles. The summed E-state index contributed by atoms with van der Waals surface area (Å²) in [5.41, 5.74) is 0.672. The second-order valence-corrected chi connectivity index (χ2v) is 4.84. The average molecular weight is 253 g/mol. The third-order valence-electron chi connectivity index (χ3n) is 2.71. The summed E-state index contributed by atoms with van der Waals surface area (Å²) in [5, 5.41) is 4.93. The second kappa shape index (κ2) is 4.94. The molecule has 0 fully saturated rings. The Labute approximate surface area is 103 Å². The van der Waals surface area contributed by atoms with Crippen LogP contribution in [-0.2, 0) is 0 Å². The topological polar surface area (TPSA) is 12.0 Å². The van der Waals surface area contributed by atoms with E-state index in [0.29, 0.717) is 11.1 Å². The van der Waals surface area contributed by atoms with Crippen molar-refractivity contribution in [2.45, 2.75) is 13.0 Å². The molecule has 0 aliphatic rings. The summed E-state index contributed by atoms with van der Waals surface area (Å²) in [6.45, 7) is 1.56. The molecule has 1 atom stereocenters. The fourth-order valence-electron chi connectivity index (χ4n) is 1.79. The summed E-state index contributed by atoms with van der Waals surface area (Å²) in [6, 6.07) is 6.01. The maximum atomic E-state index is 13.9. The molecule has 0 aliphatic heterocycles. The quantitative estimate of drug-likeness (QED) is 0.880. The van der Waals surface area contributed by atoms with E-state index >= 15 is 0 Å². The molecule has 17 heavy (non-hydrogen) atoms. The van der Waals surface area contributed by atoms with Crippen LogP contribution in [0.15, 0.2) is 29.6 Å². The lowest BCUT2D eigenvalue weighted by Gasteiger charge is -2.16. The Balaban J connectivity index is 2.48. The molecule has 90 valence electrons. The van der Waals surface area contributed by atoms with Crippen LogP contribution < -0.4 is 5.32 Å². The van der Waals surface area contributed by atoms with Gasteiger partial charge in [0.1, 0.15) is 11.6 Å². The summed E-state index contributed by atoms with van der Waals surface area (Å²) in [5.74, 6) is -0.755. The van der Waals surface area contributed by atoms with E-state index in [1.807, 2.05) is 17.5 Å². The number of thiophene rings is 1. The van der Waals surface area contributed by atoms with Crippen LogP contribution in [-0.4, -0.2) is 7.05 Å². The molecule has 2 aromatic rings. The zero-order chi connectivity index (χ0) is 12.4. The molecule has 1 N–H and O–H groups in total. The van der Waals surface area contributed by atoms with Gasteiger partial charge in [-0.05, 0) is 43.1 Å². The molecule has 1 nitrogen and oxygen atoms in total. The van der Waals surface area contributed by atoms with Crippen molar-refractivity contribution in [3.63, 3.8) is 0 Å². The van der Waals surface area contributed by atoms with Crippen molar-refractivity contribution >= 4 is 11.3 Å². The Morgan fingerprint density at radius 3 is 2.59 bits per heavy atom. The van der Waals surface area contributed by atoms with Gasteiger partial charge in [0.15, 0.2) is 0 Å². The molecular weight excluding hydrogens is 240 g/mol. The first-order valence-corrected chi connectivity index (χ1v) is 6.17. The van der Waals surface area contributed by atoms with E-state index in [2.05, 4.69) is 5.32 Å². The lowest BCUT2D eigenvalue weighted by atomic mass is 10.0. The third kappa shape index (κ3) is 2.37. The largest absolute Gasteiger partial charge is 0.309 e. The number of hydrogen-bond donors (Lipinski definition) is 1. The van der Waals surface area contributed by atoms with Gasteiger partial charge in [-0.2, -0.15) is 0 Å². The maximum Gasteiger partial charge on any atom is 0.128 e. The Morgan fingerprint density at radius 2 is 2.00 bits per heavy atom. The van der Waals surface area contributed by atoms with Gasteiger partial charge in [-0.15, -0.1) is 11.3 Å². The number of halogens is 2. The van der Waals surface area contributed by atoms with Crippen molar-refractivity contribution in [1.29, 1.82) is 0 Å². The Kier molecular flexibility index (Phi) is 3.54. The molecule has 0 spiro atoms. The number of rotatable bonds is 3. The van der Waals surface area contributed by atoms with E-state index in [0.717, 1.165) is 4.88 Å². The van der Waals surface area contributed by atoms with Crippen molar-refractivity contribution in [3.05, 3.63) is 57.3 Å². The number of nitrogens with one attached hydrogen (secondary N) is 1. The van der Waals surface area contributed by atoms with Crippen LogP contribution in [0.25, 0.3) is 0 Å². The Hall–Kier alpha value is -1.26. The van der Waals surface area contributed by atoms with Gasteiger partial charge in [0.2, 0.25) is 0 Å². The molecule has 0 bridgehead atoms. The minimum Gasteiger partial charge on any atom is -0.309 e. The van der Waals surface area contributed by atoms with Gasteiger partial charge in [-0.25, -0.2) is 8.78 Å². The summed E-state index contributed by atoms with van der Waals surface area (Å²) in [6.07, 6.45) is 0. The van der Waals surface area contributed by atoms with Crippen molar-refractivity contribution in [3.8, 4) is 0 Å². The van der Waals surface area contributed by atoms with Crippen LogP contribution in [0, 0.1) is 18.6 Å². The monoisotopic (exact) mass is 253 g/mol. The predicted molar refractivity (Wildman–Crippen MR) is 66.3 cm³/mol. The van der Waals surface area contributed by atoms with Crippen LogP contribution in [0.4, 0.5) is 8.78 Å². The molecule has 4 heteroatoms. The van der Waals surface area contributed by atoms with Gasteiger partial charge in [0.05, 0.1) is 6.04 Å². The molecule has 0 saturated carbocycles. The molecule has 0 radical (unpaired) electrons. The average Bonchev–Trinajstić information content (AvgIpc) is 2.80. The van der Waals surface area contributed by atoms with Crippen LogP contribution in [0.3, 0.4) is 0 Å². The highest BCUT2D eigenvalue weighted by Crippen LogP contribution is 2.28. The van der Waals surface area contributed by atoms with E-state index in [-0.39, 0.29) is 17.7 Å². The predicted octanol–water partition coefficient (Wildman–Crippen LogP) is 3.64. The van der Waals surface area contributed by atoms with Crippen molar-refractivity contribution in [1.82, 2.24) is 5.32 Å². The van der Waals surface area contributed by atoms with Crippen LogP contribution >= 0.6 is 11.3 Å². The van der Waals surface area contributed by atoms with E-state index in [1.54, 1.807) is 14.0 Å². The minimum atomic E-state index is -0.378. The van der Waals surface area contributed by atoms with Gasteiger partial charge < -0.3 is 5.32 Å². The summed E-state index contributed by atoms with van der Waals surface area (Å²) >= 11 is 1.52. The molecule has 1 aromatic carbocycles. The fraction of sp³-hybridized carbons (Fsp3) is 0.231. The maximum absolute atomic E-state index is 13.9. The first kappa shape index (κ1) is 12.2. The third-order valence-corrected chi connectivity index (χ3v) is 3.64. The standard InChI is InChI=1S/C13H13F2NS/c1-8-6-11(15)9(7-10(8)14)13(16-2)12-4-3-5-17-12/h3-7,13,16H,1-2H3. The zero-order valence-corrected chi connectivity index (χ0v) is 10.4. The highest BCUT2D eigenvalue weighted by atomic mass is 32.1. The van der Waals surface area contributed by atoms with E-state index in [4.69, 9.17) is 0 Å². The van der Waals surface area contributed by atoms with Crippen LogP contribution in [0.2, 0.25) is 0 Å². The molecule has 0 amide bonds. The highest BCUT2D eigenvalue weighted by molar-refractivity contribution is 7.10. The van der Waals surface area contributed by atoms with Gasteiger partial charge in [-0.1, -0.05) is 6.07 Å². The van der Waals surface area contributed by atoms with Crippen LogP contribution in [0.5, 0.6) is 0 Å². The minimum absolute atomic E-state index is 0.301. The van der Waals surface area contributed by atoms with Crippen molar-refractivity contribution in [2.24, 2.45) is 0 Å².